The number of carbonyl (C=O) groups is 1. The van der Waals surface area contributed by atoms with Gasteiger partial charge in [0.2, 0.25) is 0 Å². The molecule has 1 aromatic carbocycles. The zero-order valence-electron chi connectivity index (χ0n) is 12.7. The third-order valence-electron chi connectivity index (χ3n) is 4.24. The summed E-state index contributed by atoms with van der Waals surface area (Å²) in [4.78, 5) is 12.1. The van der Waals surface area contributed by atoms with E-state index in [9.17, 15) is 4.79 Å². The van der Waals surface area contributed by atoms with Crippen LogP contribution in [-0.4, -0.2) is 15.7 Å². The number of nitrogens with zero attached hydrogens (tertiary/aromatic N) is 2. The van der Waals surface area contributed by atoms with Gasteiger partial charge in [0.1, 0.15) is 0 Å². The number of amides is 1. The van der Waals surface area contributed by atoms with Crippen LogP contribution < -0.4 is 11.1 Å². The van der Waals surface area contributed by atoms with Crippen LogP contribution in [0.15, 0.2) is 36.5 Å². The molecule has 2 aromatic rings. The Morgan fingerprint density at radius 2 is 1.95 bits per heavy atom. The van der Waals surface area contributed by atoms with Crippen LogP contribution >= 0.6 is 0 Å². The molecule has 5 heteroatoms. The van der Waals surface area contributed by atoms with Crippen LogP contribution in [0.5, 0.6) is 0 Å². The maximum absolute atomic E-state index is 12.1. The predicted octanol–water partition coefficient (Wildman–Crippen LogP) is 2.39. The molecule has 1 saturated carbocycles. The second-order valence-electron chi connectivity index (χ2n) is 5.81. The fourth-order valence-electron chi connectivity index (χ4n) is 2.91. The number of aromatic nitrogens is 2. The van der Waals surface area contributed by atoms with Gasteiger partial charge in [-0.25, -0.2) is 0 Å². The second-order valence-corrected chi connectivity index (χ2v) is 5.81. The molecule has 1 fully saturated rings. The minimum atomic E-state index is -0.0843. The summed E-state index contributed by atoms with van der Waals surface area (Å²) < 4.78 is 2.05. The molecule has 0 bridgehead atoms. The lowest BCUT2D eigenvalue weighted by Gasteiger charge is -2.09. The highest BCUT2D eigenvalue weighted by Gasteiger charge is 2.17. The average Bonchev–Trinajstić information content (AvgIpc) is 3.23. The molecule has 3 rings (SSSR count). The van der Waals surface area contributed by atoms with Gasteiger partial charge in [0.15, 0.2) is 0 Å². The largest absolute Gasteiger partial charge is 0.346 e. The number of hydrogen-bond donors (Lipinski definition) is 2. The van der Waals surface area contributed by atoms with Crippen molar-refractivity contribution in [2.45, 2.75) is 44.8 Å². The first-order chi connectivity index (χ1) is 10.8. The second kappa shape index (κ2) is 6.75. The summed E-state index contributed by atoms with van der Waals surface area (Å²) in [6.07, 6.45) is 7.01. The highest BCUT2D eigenvalue weighted by atomic mass is 16.1. The number of rotatable bonds is 5. The van der Waals surface area contributed by atoms with Crippen molar-refractivity contribution in [2.24, 2.45) is 5.73 Å². The molecular formula is C17H22N4O. The number of benzene rings is 1. The Bertz CT molecular complexity index is 626. The van der Waals surface area contributed by atoms with Crippen LogP contribution in [0, 0.1) is 0 Å². The SMILES string of the molecule is NCc1ccc(C(=O)NCc2ccn(C3CCCC3)n2)cc1. The Hall–Kier alpha value is -2.14. The fourth-order valence-corrected chi connectivity index (χ4v) is 2.91. The molecule has 5 nitrogen and oxygen atoms in total. The number of hydrogen-bond acceptors (Lipinski definition) is 3. The van der Waals surface area contributed by atoms with Crippen molar-refractivity contribution in [3.63, 3.8) is 0 Å². The molecule has 1 heterocycles. The lowest BCUT2D eigenvalue weighted by atomic mass is 10.1. The third kappa shape index (κ3) is 3.36. The Morgan fingerprint density at radius 3 is 2.64 bits per heavy atom. The van der Waals surface area contributed by atoms with E-state index in [0.29, 0.717) is 24.7 Å². The van der Waals surface area contributed by atoms with Gasteiger partial charge < -0.3 is 11.1 Å². The lowest BCUT2D eigenvalue weighted by Crippen LogP contribution is -2.23. The maximum Gasteiger partial charge on any atom is 0.251 e. The van der Waals surface area contributed by atoms with Crippen molar-refractivity contribution >= 4 is 5.91 Å². The first kappa shape index (κ1) is 14.8. The van der Waals surface area contributed by atoms with Crippen LogP contribution in [0.4, 0.5) is 0 Å². The van der Waals surface area contributed by atoms with E-state index >= 15 is 0 Å². The molecule has 0 saturated heterocycles. The minimum Gasteiger partial charge on any atom is -0.346 e. The minimum absolute atomic E-state index is 0.0843. The molecule has 0 radical (unpaired) electrons. The highest BCUT2D eigenvalue weighted by molar-refractivity contribution is 5.94. The molecular weight excluding hydrogens is 276 g/mol. The predicted molar refractivity (Wildman–Crippen MR) is 85.2 cm³/mol. The normalized spacial score (nSPS) is 15.1. The Labute approximate surface area is 130 Å². The lowest BCUT2D eigenvalue weighted by molar-refractivity contribution is 0.0950. The van der Waals surface area contributed by atoms with Gasteiger partial charge in [-0.1, -0.05) is 25.0 Å². The Morgan fingerprint density at radius 1 is 1.23 bits per heavy atom. The van der Waals surface area contributed by atoms with E-state index in [2.05, 4.69) is 10.4 Å². The summed E-state index contributed by atoms with van der Waals surface area (Å²) >= 11 is 0. The molecule has 22 heavy (non-hydrogen) atoms. The van der Waals surface area contributed by atoms with Crippen molar-refractivity contribution in [2.75, 3.05) is 0 Å². The fraction of sp³-hybridized carbons (Fsp3) is 0.412. The first-order valence-electron chi connectivity index (χ1n) is 7.87. The van der Waals surface area contributed by atoms with E-state index < -0.39 is 0 Å². The van der Waals surface area contributed by atoms with Gasteiger partial charge in [-0.3, -0.25) is 9.48 Å². The van der Waals surface area contributed by atoms with Crippen molar-refractivity contribution in [3.8, 4) is 0 Å². The topological polar surface area (TPSA) is 72.9 Å². The van der Waals surface area contributed by atoms with Gasteiger partial charge in [0.05, 0.1) is 18.3 Å². The molecule has 0 aliphatic heterocycles. The summed E-state index contributed by atoms with van der Waals surface area (Å²) in [5.41, 5.74) is 8.12. The average molecular weight is 298 g/mol. The van der Waals surface area contributed by atoms with Crippen molar-refractivity contribution < 1.29 is 4.79 Å². The van der Waals surface area contributed by atoms with Crippen LogP contribution in [-0.2, 0) is 13.1 Å². The summed E-state index contributed by atoms with van der Waals surface area (Å²) in [6, 6.07) is 9.88. The van der Waals surface area contributed by atoms with Gasteiger partial charge in [-0.2, -0.15) is 5.10 Å². The summed E-state index contributed by atoms with van der Waals surface area (Å²) in [5.74, 6) is -0.0843. The molecule has 1 aliphatic carbocycles. The number of nitrogens with two attached hydrogens (primary N) is 1. The van der Waals surface area contributed by atoms with Crippen molar-refractivity contribution in [1.29, 1.82) is 0 Å². The van der Waals surface area contributed by atoms with E-state index in [1.54, 1.807) is 12.1 Å². The maximum atomic E-state index is 12.1. The Balaban J connectivity index is 1.56. The third-order valence-corrected chi connectivity index (χ3v) is 4.24. The molecule has 116 valence electrons. The molecule has 0 spiro atoms. The van der Waals surface area contributed by atoms with E-state index in [-0.39, 0.29) is 5.91 Å². The molecule has 1 amide bonds. The van der Waals surface area contributed by atoms with Gasteiger partial charge in [0, 0.05) is 18.3 Å². The molecule has 1 aromatic heterocycles. The van der Waals surface area contributed by atoms with Gasteiger partial charge in [0.25, 0.3) is 5.91 Å². The highest BCUT2D eigenvalue weighted by Crippen LogP contribution is 2.28. The van der Waals surface area contributed by atoms with Crippen LogP contribution in [0.25, 0.3) is 0 Å². The zero-order valence-corrected chi connectivity index (χ0v) is 12.7. The monoisotopic (exact) mass is 298 g/mol. The van der Waals surface area contributed by atoms with Gasteiger partial charge in [-0.15, -0.1) is 0 Å². The van der Waals surface area contributed by atoms with Crippen LogP contribution in [0.2, 0.25) is 0 Å². The van der Waals surface area contributed by atoms with Gasteiger partial charge >= 0.3 is 0 Å². The van der Waals surface area contributed by atoms with Crippen molar-refractivity contribution in [3.05, 3.63) is 53.3 Å². The number of carbonyl (C=O) groups excluding carboxylic acids is 1. The zero-order chi connectivity index (χ0) is 15.4. The number of nitrogens with one attached hydrogen (secondary N) is 1. The summed E-state index contributed by atoms with van der Waals surface area (Å²) in [6.45, 7) is 0.942. The summed E-state index contributed by atoms with van der Waals surface area (Å²) in [5, 5.41) is 7.48. The molecule has 0 unspecified atom stereocenters. The smallest absolute Gasteiger partial charge is 0.251 e. The standard InChI is InChI=1S/C17H22N4O/c18-11-13-5-7-14(8-6-13)17(22)19-12-15-9-10-21(20-15)16-3-1-2-4-16/h5-10,16H,1-4,11-12,18H2,(H,19,22). The quantitative estimate of drug-likeness (QED) is 0.890. The van der Waals surface area contributed by atoms with E-state index in [1.807, 2.05) is 29.1 Å². The van der Waals surface area contributed by atoms with E-state index in [1.165, 1.54) is 25.7 Å². The van der Waals surface area contributed by atoms with Gasteiger partial charge in [-0.05, 0) is 36.6 Å². The van der Waals surface area contributed by atoms with Crippen molar-refractivity contribution in [1.82, 2.24) is 15.1 Å². The van der Waals surface area contributed by atoms with Crippen LogP contribution in [0.1, 0.15) is 53.3 Å². The first-order valence-corrected chi connectivity index (χ1v) is 7.87. The molecule has 0 atom stereocenters. The summed E-state index contributed by atoms with van der Waals surface area (Å²) in [7, 11) is 0. The molecule has 3 N–H and O–H groups in total. The Kier molecular flexibility index (Phi) is 4.53. The van der Waals surface area contributed by atoms with Crippen LogP contribution in [0.3, 0.4) is 0 Å². The van der Waals surface area contributed by atoms with E-state index in [0.717, 1.165) is 11.3 Å². The molecule has 1 aliphatic rings. The van der Waals surface area contributed by atoms with E-state index in [4.69, 9.17) is 5.73 Å².